The van der Waals surface area contributed by atoms with Gasteiger partial charge in [-0.15, -0.1) is 0 Å². The maximum atomic E-state index is 11.8. The monoisotopic (exact) mass is 298 g/mol. The molecule has 0 bridgehead atoms. The highest BCUT2D eigenvalue weighted by molar-refractivity contribution is 7.85. The summed E-state index contributed by atoms with van der Waals surface area (Å²) in [6.07, 6.45) is -4.64. The molecule has 0 saturated carbocycles. The zero-order valence-electron chi connectivity index (χ0n) is 9.27. The Morgan fingerprint density at radius 3 is 2.32 bits per heavy atom. The molecule has 0 fully saturated rings. The van der Waals surface area contributed by atoms with Crippen molar-refractivity contribution < 1.29 is 30.6 Å². The first-order valence-corrected chi connectivity index (χ1v) is 6.21. The van der Waals surface area contributed by atoms with Crippen molar-refractivity contribution in [2.75, 3.05) is 6.54 Å². The Morgan fingerprint density at radius 2 is 1.79 bits per heavy atom. The minimum Gasteiger partial charge on any atom is -0.367 e. The summed E-state index contributed by atoms with van der Waals surface area (Å²) >= 11 is 0. The van der Waals surface area contributed by atoms with Crippen molar-refractivity contribution in [3.63, 3.8) is 0 Å². The zero-order chi connectivity index (χ0) is 14.5. The Morgan fingerprint density at radius 1 is 1.21 bits per heavy atom. The van der Waals surface area contributed by atoms with Crippen molar-refractivity contribution >= 4 is 16.3 Å². The zero-order valence-corrected chi connectivity index (χ0v) is 10.1. The van der Waals surface area contributed by atoms with Crippen LogP contribution in [-0.4, -0.2) is 27.2 Å². The van der Waals surface area contributed by atoms with Gasteiger partial charge in [-0.3, -0.25) is 0 Å². The normalized spacial score (nSPS) is 11.7. The number of benzene rings is 1. The number of halogens is 3. The van der Waals surface area contributed by atoms with Gasteiger partial charge in [-0.05, 0) is 12.1 Å². The molecule has 6 nitrogen and oxygen atoms in total. The van der Waals surface area contributed by atoms with Gasteiger partial charge < -0.3 is 9.50 Å². The molecule has 0 heterocycles. The first kappa shape index (κ1) is 15.1. The number of nitrogens with one attached hydrogen (secondary N) is 2. The highest BCUT2D eigenvalue weighted by atomic mass is 32.2. The predicted molar refractivity (Wildman–Crippen MR) is 58.6 cm³/mol. The van der Waals surface area contributed by atoms with Gasteiger partial charge in [-0.2, -0.15) is 21.6 Å². The third-order valence-corrected chi connectivity index (χ3v) is 2.46. The average Bonchev–Trinajstić information content (AvgIpc) is 2.25. The van der Waals surface area contributed by atoms with Crippen LogP contribution in [0, 0.1) is 0 Å². The molecule has 2 amide bonds. The third-order valence-electron chi connectivity index (χ3n) is 1.62. The first-order valence-electron chi connectivity index (χ1n) is 4.80. The van der Waals surface area contributed by atoms with Gasteiger partial charge in [0, 0.05) is 0 Å². The fourth-order valence-corrected chi connectivity index (χ4v) is 1.66. The van der Waals surface area contributed by atoms with Crippen molar-refractivity contribution in [2.24, 2.45) is 0 Å². The molecule has 1 aromatic rings. The second-order valence-corrected chi connectivity index (χ2v) is 4.53. The van der Waals surface area contributed by atoms with Crippen LogP contribution in [0.4, 0.5) is 18.0 Å². The molecule has 0 aliphatic rings. The molecule has 0 aliphatic heterocycles. The molecule has 106 valence electrons. The summed E-state index contributed by atoms with van der Waals surface area (Å²) in [6, 6.07) is 5.62. The van der Waals surface area contributed by atoms with E-state index in [2.05, 4.69) is 4.18 Å². The van der Waals surface area contributed by atoms with Gasteiger partial charge in [0.05, 0.1) is 0 Å². The maximum absolute atomic E-state index is 11.8. The third kappa shape index (κ3) is 6.50. The fourth-order valence-electron chi connectivity index (χ4n) is 0.954. The lowest BCUT2D eigenvalue weighted by Crippen LogP contribution is -2.44. The average molecular weight is 298 g/mol. The Hall–Kier alpha value is -1.97. The number of para-hydroxylation sites is 1. The van der Waals surface area contributed by atoms with E-state index in [1.54, 1.807) is 6.07 Å². The van der Waals surface area contributed by atoms with Crippen LogP contribution in [0.3, 0.4) is 0 Å². The van der Waals surface area contributed by atoms with Gasteiger partial charge in [0.25, 0.3) is 0 Å². The van der Waals surface area contributed by atoms with Crippen molar-refractivity contribution in [3.05, 3.63) is 30.3 Å². The summed E-state index contributed by atoms with van der Waals surface area (Å²) in [5, 5.41) is 1.33. The molecule has 0 atom stereocenters. The van der Waals surface area contributed by atoms with E-state index in [4.69, 9.17) is 0 Å². The molecule has 0 aliphatic carbocycles. The molecule has 0 saturated heterocycles. The molecule has 0 aromatic heterocycles. The van der Waals surface area contributed by atoms with Crippen LogP contribution in [-0.2, 0) is 10.3 Å². The van der Waals surface area contributed by atoms with Crippen molar-refractivity contribution in [1.82, 2.24) is 10.0 Å². The summed E-state index contributed by atoms with van der Waals surface area (Å²) in [4.78, 5) is 10.9. The fraction of sp³-hybridized carbons (Fsp3) is 0.222. The topological polar surface area (TPSA) is 84.5 Å². The summed E-state index contributed by atoms with van der Waals surface area (Å²) in [5.41, 5.74) is 0. The van der Waals surface area contributed by atoms with Crippen LogP contribution < -0.4 is 14.2 Å². The minimum absolute atomic E-state index is 0.0846. The Bertz CT molecular complexity index is 530. The summed E-state index contributed by atoms with van der Waals surface area (Å²) < 4.78 is 63.5. The van der Waals surface area contributed by atoms with Crippen molar-refractivity contribution in [2.45, 2.75) is 6.18 Å². The van der Waals surface area contributed by atoms with Crippen LogP contribution in [0.25, 0.3) is 0 Å². The quantitative estimate of drug-likeness (QED) is 0.874. The lowest BCUT2D eigenvalue weighted by atomic mass is 10.3. The summed E-state index contributed by atoms with van der Waals surface area (Å²) in [7, 11) is -4.53. The lowest BCUT2D eigenvalue weighted by Gasteiger charge is -2.10. The van der Waals surface area contributed by atoms with Crippen LogP contribution in [0.15, 0.2) is 30.3 Å². The SMILES string of the molecule is O=C(NCC(F)(F)F)NS(=O)(=O)Oc1ccccc1. The molecule has 1 rings (SSSR count). The van der Waals surface area contributed by atoms with Crippen LogP contribution in [0.1, 0.15) is 0 Å². The number of rotatable bonds is 4. The standard InChI is InChI=1S/C9H9F3N2O4S/c10-9(11,12)6-13-8(15)14-19(16,17)18-7-4-2-1-3-5-7/h1-5H,6H2,(H2,13,14,15). The van der Waals surface area contributed by atoms with Gasteiger partial charge in [0.2, 0.25) is 0 Å². The van der Waals surface area contributed by atoms with E-state index in [1.807, 2.05) is 0 Å². The highest BCUT2D eigenvalue weighted by Crippen LogP contribution is 2.12. The van der Waals surface area contributed by atoms with Crippen molar-refractivity contribution in [3.8, 4) is 5.75 Å². The smallest absolute Gasteiger partial charge is 0.367 e. The van der Waals surface area contributed by atoms with E-state index < -0.39 is 29.1 Å². The van der Waals surface area contributed by atoms with Gasteiger partial charge in [-0.1, -0.05) is 18.2 Å². The molecule has 19 heavy (non-hydrogen) atoms. The summed E-state index contributed by atoms with van der Waals surface area (Å²) in [5.74, 6) is -0.0846. The highest BCUT2D eigenvalue weighted by Gasteiger charge is 2.28. The number of urea groups is 1. The number of hydrogen-bond acceptors (Lipinski definition) is 4. The molecule has 0 spiro atoms. The molecular formula is C9H9F3N2O4S. The minimum atomic E-state index is -4.64. The van der Waals surface area contributed by atoms with Gasteiger partial charge in [0.15, 0.2) is 0 Å². The second-order valence-electron chi connectivity index (χ2n) is 3.25. The van der Waals surface area contributed by atoms with E-state index in [0.717, 1.165) is 0 Å². The maximum Gasteiger partial charge on any atom is 0.411 e. The second kappa shape index (κ2) is 5.78. The molecule has 0 unspecified atom stereocenters. The molecule has 2 N–H and O–H groups in total. The largest absolute Gasteiger partial charge is 0.411 e. The number of carbonyl (C=O) groups excluding carboxylic acids is 1. The van der Waals surface area contributed by atoms with Gasteiger partial charge >= 0.3 is 22.5 Å². The molecule has 10 heteroatoms. The van der Waals surface area contributed by atoms with Crippen LogP contribution in [0.2, 0.25) is 0 Å². The predicted octanol–water partition coefficient (Wildman–Crippen LogP) is 1.17. The van der Waals surface area contributed by atoms with Crippen molar-refractivity contribution in [1.29, 1.82) is 0 Å². The van der Waals surface area contributed by atoms with E-state index >= 15 is 0 Å². The Balaban J connectivity index is 2.53. The van der Waals surface area contributed by atoms with E-state index in [9.17, 15) is 26.4 Å². The van der Waals surface area contributed by atoms with E-state index in [1.165, 1.54) is 34.3 Å². The summed E-state index contributed by atoms with van der Waals surface area (Å²) in [6.45, 7) is -1.65. The lowest BCUT2D eigenvalue weighted by molar-refractivity contribution is -0.122. The van der Waals surface area contributed by atoms with E-state index in [-0.39, 0.29) is 5.75 Å². The van der Waals surface area contributed by atoms with E-state index in [0.29, 0.717) is 0 Å². The number of carbonyl (C=O) groups is 1. The molecule has 0 radical (unpaired) electrons. The van der Waals surface area contributed by atoms with Gasteiger partial charge in [-0.25, -0.2) is 9.52 Å². The van der Waals surface area contributed by atoms with Crippen LogP contribution >= 0.6 is 0 Å². The molecular weight excluding hydrogens is 289 g/mol. The van der Waals surface area contributed by atoms with Gasteiger partial charge in [0.1, 0.15) is 12.3 Å². The molecule has 1 aromatic carbocycles. The number of alkyl halides is 3. The Kier molecular flexibility index (Phi) is 4.59. The number of amides is 2. The first-order chi connectivity index (χ1) is 8.68. The Labute approximate surface area is 106 Å². The number of hydrogen-bond donors (Lipinski definition) is 2. The van der Waals surface area contributed by atoms with Crippen LogP contribution in [0.5, 0.6) is 5.75 Å².